The Morgan fingerprint density at radius 3 is 2.65 bits per heavy atom. The Balaban J connectivity index is 1.31. The van der Waals surface area contributed by atoms with E-state index in [1.165, 1.54) is 12.1 Å². The molecule has 3 atom stereocenters. The van der Waals surface area contributed by atoms with Crippen LogP contribution < -0.4 is 15.4 Å². The van der Waals surface area contributed by atoms with Crippen molar-refractivity contribution in [2.75, 3.05) is 25.0 Å². The van der Waals surface area contributed by atoms with Gasteiger partial charge in [0.2, 0.25) is 0 Å². The van der Waals surface area contributed by atoms with Gasteiger partial charge < -0.3 is 20.3 Å². The molecule has 7 rings (SSSR count). The van der Waals surface area contributed by atoms with Gasteiger partial charge in [0.1, 0.15) is 28.2 Å². The first-order valence-electron chi connectivity index (χ1n) is 17.9. The minimum absolute atomic E-state index is 0.000821. The Bertz CT molecular complexity index is 2180. The number of carboxylic acids is 1. The van der Waals surface area contributed by atoms with Gasteiger partial charge in [0.15, 0.2) is 11.6 Å². The highest BCUT2D eigenvalue weighted by molar-refractivity contribution is 6.33. The lowest BCUT2D eigenvalue weighted by Gasteiger charge is -2.45. The average molecular weight is 777 g/mol. The van der Waals surface area contributed by atoms with E-state index in [-0.39, 0.29) is 36.1 Å². The van der Waals surface area contributed by atoms with Gasteiger partial charge in [-0.1, -0.05) is 60.2 Å². The van der Waals surface area contributed by atoms with Gasteiger partial charge in [-0.05, 0) is 74.1 Å². The zero-order valence-electron chi connectivity index (χ0n) is 29.9. The number of hydrogen-bond donors (Lipinski definition) is 4. The SMILES string of the molecule is CCOc1cc(C(F)=CC2(Nc3nccc4cc(CN5CCC(O)C5)cnc34)C=CC=C(c3ccccc3)C2(C)Cl)c(Cl)c(F)c1CNC1(C(=O)O)CC1. The number of likely N-dealkylation sites (tertiary alicyclic amines) is 1. The molecule has 3 heterocycles. The van der Waals surface area contributed by atoms with E-state index >= 15 is 8.78 Å². The van der Waals surface area contributed by atoms with Crippen LogP contribution in [0.1, 0.15) is 55.4 Å². The second-order valence-corrected chi connectivity index (χ2v) is 15.4. The fourth-order valence-electron chi connectivity index (χ4n) is 7.28. The Morgan fingerprint density at radius 1 is 1.19 bits per heavy atom. The maximum absolute atomic E-state index is 17.1. The maximum atomic E-state index is 17.1. The van der Waals surface area contributed by atoms with Gasteiger partial charge >= 0.3 is 5.97 Å². The van der Waals surface area contributed by atoms with Crippen LogP contribution in [-0.4, -0.2) is 72.8 Å². The lowest BCUT2D eigenvalue weighted by Crippen LogP contribution is -2.53. The molecule has 13 heteroatoms. The number of allylic oxidation sites excluding steroid dienone is 2. The number of anilines is 1. The van der Waals surface area contributed by atoms with E-state index in [4.69, 9.17) is 32.9 Å². The summed E-state index contributed by atoms with van der Waals surface area (Å²) in [5, 5.41) is 26.3. The second-order valence-electron chi connectivity index (χ2n) is 14.2. The number of β-amino-alcohol motifs (C(OH)–C–C–N with tert-alkyl or cyclic N) is 1. The number of pyridine rings is 2. The number of carbonyl (C=O) groups is 1. The molecule has 4 N–H and O–H groups in total. The molecular formula is C41H41Cl2F2N5O4. The van der Waals surface area contributed by atoms with Crippen molar-refractivity contribution >= 4 is 57.3 Å². The van der Waals surface area contributed by atoms with Crippen molar-refractivity contribution in [3.05, 3.63) is 118 Å². The van der Waals surface area contributed by atoms with Gasteiger partial charge in [0, 0.05) is 55.1 Å². The van der Waals surface area contributed by atoms with Crippen molar-refractivity contribution in [3.8, 4) is 5.75 Å². The normalized spacial score (nSPS) is 23.7. The van der Waals surface area contributed by atoms with E-state index in [0.29, 0.717) is 42.8 Å². The summed E-state index contributed by atoms with van der Waals surface area (Å²) in [6.45, 7) is 5.47. The molecule has 2 fully saturated rings. The van der Waals surface area contributed by atoms with Gasteiger partial charge in [-0.2, -0.15) is 0 Å². The number of aliphatic carboxylic acids is 1. The van der Waals surface area contributed by atoms with Crippen LogP contribution >= 0.6 is 23.2 Å². The molecule has 282 valence electrons. The minimum Gasteiger partial charge on any atom is -0.493 e. The highest BCUT2D eigenvalue weighted by Gasteiger charge is 2.51. The first-order valence-corrected chi connectivity index (χ1v) is 18.7. The third-order valence-electron chi connectivity index (χ3n) is 10.6. The molecule has 1 aliphatic heterocycles. The molecule has 54 heavy (non-hydrogen) atoms. The zero-order chi connectivity index (χ0) is 38.3. The summed E-state index contributed by atoms with van der Waals surface area (Å²) in [6, 6.07) is 14.7. The number of fused-ring (bicyclic) bond motifs is 1. The fourth-order valence-corrected chi connectivity index (χ4v) is 7.87. The summed E-state index contributed by atoms with van der Waals surface area (Å²) >= 11 is 14.2. The van der Waals surface area contributed by atoms with Crippen LogP contribution in [0.3, 0.4) is 0 Å². The molecule has 2 aromatic carbocycles. The monoisotopic (exact) mass is 775 g/mol. The molecule has 2 aromatic heterocycles. The quantitative estimate of drug-likeness (QED) is 0.101. The average Bonchev–Trinajstić information content (AvgIpc) is 3.84. The molecule has 0 spiro atoms. The lowest BCUT2D eigenvalue weighted by molar-refractivity contribution is -0.140. The van der Waals surface area contributed by atoms with E-state index in [1.807, 2.05) is 48.5 Å². The van der Waals surface area contributed by atoms with Gasteiger partial charge in [-0.15, -0.1) is 11.6 Å². The Kier molecular flexibility index (Phi) is 10.6. The van der Waals surface area contributed by atoms with Gasteiger partial charge in [0.25, 0.3) is 0 Å². The summed E-state index contributed by atoms with van der Waals surface area (Å²) in [4.78, 5) is 22.0. The number of halogens is 4. The molecule has 3 unspecified atom stereocenters. The summed E-state index contributed by atoms with van der Waals surface area (Å²) in [5.41, 5.74) is 0.0648. The van der Waals surface area contributed by atoms with E-state index < -0.39 is 38.6 Å². The van der Waals surface area contributed by atoms with Crippen molar-refractivity contribution in [2.45, 2.75) is 68.3 Å². The molecule has 1 saturated heterocycles. The molecular weight excluding hydrogens is 735 g/mol. The summed E-state index contributed by atoms with van der Waals surface area (Å²) < 4.78 is 38.9. The zero-order valence-corrected chi connectivity index (χ0v) is 31.4. The number of rotatable bonds is 13. The number of alkyl halides is 1. The molecule has 4 aromatic rings. The maximum Gasteiger partial charge on any atom is 0.323 e. The van der Waals surface area contributed by atoms with E-state index in [1.54, 1.807) is 38.4 Å². The van der Waals surface area contributed by atoms with Crippen LogP contribution in [-0.2, 0) is 17.9 Å². The number of ether oxygens (including phenoxy) is 1. The van der Waals surface area contributed by atoms with Crippen LogP contribution in [0.25, 0.3) is 22.3 Å². The molecule has 0 amide bonds. The number of aromatic nitrogens is 2. The molecule has 2 aliphatic carbocycles. The van der Waals surface area contributed by atoms with Crippen LogP contribution in [0.15, 0.2) is 85.2 Å². The number of nitrogens with one attached hydrogen (secondary N) is 2. The van der Waals surface area contributed by atoms with Crippen molar-refractivity contribution in [3.63, 3.8) is 0 Å². The predicted octanol–water partition coefficient (Wildman–Crippen LogP) is 7.91. The first-order chi connectivity index (χ1) is 25.9. The van der Waals surface area contributed by atoms with Gasteiger partial charge in [0.05, 0.1) is 22.6 Å². The van der Waals surface area contributed by atoms with Gasteiger partial charge in [-0.25, -0.2) is 13.8 Å². The summed E-state index contributed by atoms with van der Waals surface area (Å²) in [6.07, 6.45) is 11.3. The number of hydrogen-bond acceptors (Lipinski definition) is 8. The highest BCUT2D eigenvalue weighted by atomic mass is 35.5. The van der Waals surface area contributed by atoms with Gasteiger partial charge in [-0.3, -0.25) is 20.0 Å². The minimum atomic E-state index is -1.53. The topological polar surface area (TPSA) is 120 Å². The number of benzene rings is 2. The highest BCUT2D eigenvalue weighted by Crippen LogP contribution is 2.49. The van der Waals surface area contributed by atoms with Crippen molar-refractivity contribution in [2.24, 2.45) is 0 Å². The number of carboxylic acid groups (broad SMARTS) is 1. The number of aliphatic hydroxyl groups excluding tert-OH is 1. The fraction of sp³-hybridized carbons (Fsp3) is 0.341. The largest absolute Gasteiger partial charge is 0.493 e. The molecule has 0 radical (unpaired) electrons. The first kappa shape index (κ1) is 37.9. The predicted molar refractivity (Wildman–Crippen MR) is 208 cm³/mol. The van der Waals surface area contributed by atoms with Crippen LogP contribution in [0, 0.1) is 5.82 Å². The smallest absolute Gasteiger partial charge is 0.323 e. The standard InChI is InChI=1S/C41H41Cl2F2N5O4/c1-3-54-33-19-29(34(42)35(45)30(33)22-48-40(14-15-40)38(52)53)32(44)20-41(13-7-10-31(39(41,2)43)26-8-5-4-6-9-26)49-37-36-27(11-16-46-37)18-25(21-47-36)23-50-17-12-28(51)24-50/h4-11,13,16,18-21,28,48,51H,3,12,14-15,17,22-24H2,1-2H3,(H,46,49)(H,52,53). The third kappa shape index (κ3) is 7.23. The van der Waals surface area contributed by atoms with Crippen molar-refractivity contribution < 1.29 is 28.5 Å². The second kappa shape index (κ2) is 15.0. The van der Waals surface area contributed by atoms with Crippen LogP contribution in [0.5, 0.6) is 5.75 Å². The number of aliphatic hydroxyl groups is 1. The summed E-state index contributed by atoms with van der Waals surface area (Å²) in [5.74, 6) is -2.46. The van der Waals surface area contributed by atoms with Crippen LogP contribution in [0.4, 0.5) is 14.6 Å². The molecule has 3 aliphatic rings. The van der Waals surface area contributed by atoms with Crippen LogP contribution in [0.2, 0.25) is 5.02 Å². The summed E-state index contributed by atoms with van der Waals surface area (Å²) in [7, 11) is 0. The van der Waals surface area contributed by atoms with E-state index in [0.717, 1.165) is 29.5 Å². The molecule has 9 nitrogen and oxygen atoms in total. The number of nitrogens with zero attached hydrogens (tertiary/aromatic N) is 3. The molecule has 0 bridgehead atoms. The third-order valence-corrected chi connectivity index (χ3v) is 11.5. The van der Waals surface area contributed by atoms with E-state index in [2.05, 4.69) is 20.5 Å². The Hall–Kier alpha value is -4.39. The van der Waals surface area contributed by atoms with Crippen molar-refractivity contribution in [1.82, 2.24) is 20.2 Å². The Morgan fingerprint density at radius 2 is 1.96 bits per heavy atom. The lowest BCUT2D eigenvalue weighted by atomic mass is 9.73. The van der Waals surface area contributed by atoms with Crippen molar-refractivity contribution in [1.29, 1.82) is 0 Å². The Labute approximate surface area is 322 Å². The van der Waals surface area contributed by atoms with E-state index in [9.17, 15) is 15.0 Å². The molecule has 1 saturated carbocycles.